The highest BCUT2D eigenvalue weighted by molar-refractivity contribution is 5.91. The summed E-state index contributed by atoms with van der Waals surface area (Å²) in [5.41, 5.74) is 0.379. The second-order valence-electron chi connectivity index (χ2n) is 4.30. The molecule has 6 nitrogen and oxygen atoms in total. The summed E-state index contributed by atoms with van der Waals surface area (Å²) >= 11 is 0. The van der Waals surface area contributed by atoms with E-state index in [0.717, 1.165) is 0 Å². The molecule has 0 spiro atoms. The maximum Gasteiger partial charge on any atom is 0.338 e. The minimum atomic E-state index is -0.425. The molecule has 1 amide bonds. The van der Waals surface area contributed by atoms with Gasteiger partial charge in [0.25, 0.3) is 5.91 Å². The molecule has 0 saturated carbocycles. The monoisotopic (exact) mass is 300 g/mol. The summed E-state index contributed by atoms with van der Waals surface area (Å²) in [5.74, 6) is 0.115. The van der Waals surface area contributed by atoms with Crippen LogP contribution in [0.2, 0.25) is 0 Å². The van der Waals surface area contributed by atoms with Gasteiger partial charge in [-0.15, -0.1) is 0 Å². The molecule has 0 aliphatic carbocycles. The third-order valence-corrected chi connectivity index (χ3v) is 2.65. The van der Waals surface area contributed by atoms with Gasteiger partial charge in [0.15, 0.2) is 6.61 Å². The zero-order valence-electron chi connectivity index (χ0n) is 12.1. The van der Waals surface area contributed by atoms with Gasteiger partial charge in [0, 0.05) is 6.20 Å². The average molecular weight is 300 g/mol. The highest BCUT2D eigenvalue weighted by Gasteiger charge is 2.09. The molecule has 2 rings (SSSR count). The molecule has 0 fully saturated rings. The van der Waals surface area contributed by atoms with E-state index < -0.39 is 5.97 Å². The lowest BCUT2D eigenvalue weighted by molar-refractivity contribution is -0.118. The molecule has 1 aromatic carbocycles. The van der Waals surface area contributed by atoms with Gasteiger partial charge in [-0.2, -0.15) is 0 Å². The molecule has 1 aromatic heterocycles. The Morgan fingerprint density at radius 1 is 1.18 bits per heavy atom. The number of ether oxygens (including phenoxy) is 2. The zero-order valence-corrected chi connectivity index (χ0v) is 12.1. The fourth-order valence-electron chi connectivity index (χ4n) is 1.69. The number of nitrogens with zero attached hydrogens (tertiary/aromatic N) is 1. The molecular weight excluding hydrogens is 284 g/mol. The van der Waals surface area contributed by atoms with Crippen molar-refractivity contribution in [2.24, 2.45) is 0 Å². The molecule has 2 aromatic rings. The largest absolute Gasteiger partial charge is 0.484 e. The summed E-state index contributed by atoms with van der Waals surface area (Å²) in [4.78, 5) is 27.3. The van der Waals surface area contributed by atoms with Crippen LogP contribution < -0.4 is 10.1 Å². The summed E-state index contributed by atoms with van der Waals surface area (Å²) in [7, 11) is 0. The molecular formula is C16H16N2O4. The van der Waals surface area contributed by atoms with Crippen molar-refractivity contribution >= 4 is 17.7 Å². The van der Waals surface area contributed by atoms with E-state index in [4.69, 9.17) is 9.47 Å². The van der Waals surface area contributed by atoms with Gasteiger partial charge >= 0.3 is 5.97 Å². The fraction of sp³-hybridized carbons (Fsp3) is 0.188. The van der Waals surface area contributed by atoms with Gasteiger partial charge in [-0.3, -0.25) is 4.79 Å². The van der Waals surface area contributed by atoms with E-state index >= 15 is 0 Å². The van der Waals surface area contributed by atoms with Crippen molar-refractivity contribution in [3.63, 3.8) is 0 Å². The Bertz CT molecular complexity index is 644. The topological polar surface area (TPSA) is 77.5 Å². The molecule has 0 radical (unpaired) electrons. The van der Waals surface area contributed by atoms with E-state index in [1.54, 1.807) is 49.5 Å². The second-order valence-corrected chi connectivity index (χ2v) is 4.30. The van der Waals surface area contributed by atoms with Crippen molar-refractivity contribution in [2.45, 2.75) is 6.92 Å². The van der Waals surface area contributed by atoms with E-state index in [2.05, 4.69) is 10.3 Å². The molecule has 6 heteroatoms. The van der Waals surface area contributed by atoms with E-state index in [1.165, 1.54) is 6.07 Å². The number of pyridine rings is 1. The Hall–Kier alpha value is -2.89. The van der Waals surface area contributed by atoms with Crippen LogP contribution in [-0.4, -0.2) is 30.1 Å². The predicted octanol–water partition coefficient (Wildman–Crippen LogP) is 2.28. The van der Waals surface area contributed by atoms with E-state index in [-0.39, 0.29) is 12.5 Å². The highest BCUT2D eigenvalue weighted by Crippen LogP contribution is 2.14. The first-order valence-electron chi connectivity index (χ1n) is 6.80. The molecule has 0 atom stereocenters. The molecule has 1 heterocycles. The van der Waals surface area contributed by atoms with Gasteiger partial charge < -0.3 is 14.8 Å². The number of hydrogen-bond donors (Lipinski definition) is 1. The van der Waals surface area contributed by atoms with Crippen molar-refractivity contribution < 1.29 is 19.1 Å². The zero-order chi connectivity index (χ0) is 15.8. The number of aromatic nitrogens is 1. The summed E-state index contributed by atoms with van der Waals surface area (Å²) in [5, 5.41) is 2.60. The van der Waals surface area contributed by atoms with Crippen LogP contribution in [0.25, 0.3) is 0 Å². The number of rotatable bonds is 6. The standard InChI is InChI=1S/C16H16N2O4/c1-2-21-16(20)12-6-5-7-13(10-12)22-11-15(19)18-14-8-3-4-9-17-14/h3-10H,2,11H2,1H3,(H,17,18,19). The van der Waals surface area contributed by atoms with Gasteiger partial charge in [0.2, 0.25) is 0 Å². The quantitative estimate of drug-likeness (QED) is 0.828. The van der Waals surface area contributed by atoms with E-state index in [0.29, 0.717) is 23.7 Å². The summed E-state index contributed by atoms with van der Waals surface area (Å²) in [6.45, 7) is 1.86. The molecule has 0 saturated heterocycles. The van der Waals surface area contributed by atoms with Crippen LogP contribution >= 0.6 is 0 Å². The Labute approximate surface area is 128 Å². The summed E-state index contributed by atoms with van der Waals surface area (Å²) in [6, 6.07) is 11.7. The lowest BCUT2D eigenvalue weighted by Gasteiger charge is -2.08. The van der Waals surface area contributed by atoms with Crippen molar-refractivity contribution in [1.29, 1.82) is 0 Å². The Morgan fingerprint density at radius 3 is 2.77 bits per heavy atom. The number of carbonyl (C=O) groups excluding carboxylic acids is 2. The smallest absolute Gasteiger partial charge is 0.338 e. The third-order valence-electron chi connectivity index (χ3n) is 2.65. The normalized spacial score (nSPS) is 9.86. The summed E-state index contributed by atoms with van der Waals surface area (Å²) in [6.07, 6.45) is 1.58. The first-order chi connectivity index (χ1) is 10.7. The van der Waals surface area contributed by atoms with Crippen molar-refractivity contribution in [1.82, 2.24) is 4.98 Å². The van der Waals surface area contributed by atoms with Gasteiger partial charge in [-0.05, 0) is 37.3 Å². The van der Waals surface area contributed by atoms with Crippen LogP contribution in [0.5, 0.6) is 5.75 Å². The number of hydrogen-bond acceptors (Lipinski definition) is 5. The molecule has 0 aliphatic heterocycles. The Morgan fingerprint density at radius 2 is 2.05 bits per heavy atom. The summed E-state index contributed by atoms with van der Waals surface area (Å²) < 4.78 is 10.3. The first kappa shape index (κ1) is 15.5. The third kappa shape index (κ3) is 4.59. The highest BCUT2D eigenvalue weighted by atomic mass is 16.5. The Kier molecular flexibility index (Phi) is 5.48. The molecule has 22 heavy (non-hydrogen) atoms. The second kappa shape index (κ2) is 7.78. The number of nitrogens with one attached hydrogen (secondary N) is 1. The predicted molar refractivity (Wildman–Crippen MR) is 80.8 cm³/mol. The van der Waals surface area contributed by atoms with Crippen LogP contribution in [0, 0.1) is 0 Å². The lowest BCUT2D eigenvalue weighted by atomic mass is 10.2. The molecule has 1 N–H and O–H groups in total. The number of esters is 1. The molecule has 0 unspecified atom stereocenters. The average Bonchev–Trinajstić information content (AvgIpc) is 2.54. The van der Waals surface area contributed by atoms with Crippen LogP contribution in [0.3, 0.4) is 0 Å². The minimum absolute atomic E-state index is 0.178. The van der Waals surface area contributed by atoms with Gasteiger partial charge in [0.05, 0.1) is 12.2 Å². The fourth-order valence-corrected chi connectivity index (χ4v) is 1.69. The van der Waals surface area contributed by atoms with Gasteiger partial charge in [0.1, 0.15) is 11.6 Å². The number of benzene rings is 1. The van der Waals surface area contributed by atoms with Crippen LogP contribution in [0.1, 0.15) is 17.3 Å². The van der Waals surface area contributed by atoms with Gasteiger partial charge in [-0.25, -0.2) is 9.78 Å². The lowest BCUT2D eigenvalue weighted by Crippen LogP contribution is -2.20. The van der Waals surface area contributed by atoms with Crippen LogP contribution in [0.4, 0.5) is 5.82 Å². The van der Waals surface area contributed by atoms with Crippen LogP contribution in [-0.2, 0) is 9.53 Å². The van der Waals surface area contributed by atoms with Crippen molar-refractivity contribution in [3.05, 3.63) is 54.2 Å². The van der Waals surface area contributed by atoms with Gasteiger partial charge in [-0.1, -0.05) is 12.1 Å². The number of anilines is 1. The SMILES string of the molecule is CCOC(=O)c1cccc(OCC(=O)Nc2ccccn2)c1. The first-order valence-corrected chi connectivity index (χ1v) is 6.80. The van der Waals surface area contributed by atoms with Crippen molar-refractivity contribution in [3.8, 4) is 5.75 Å². The van der Waals surface area contributed by atoms with E-state index in [1.807, 2.05) is 0 Å². The van der Waals surface area contributed by atoms with Crippen molar-refractivity contribution in [2.75, 3.05) is 18.5 Å². The molecule has 114 valence electrons. The maximum absolute atomic E-state index is 11.7. The Balaban J connectivity index is 1.90. The molecule has 0 aliphatic rings. The minimum Gasteiger partial charge on any atom is -0.484 e. The van der Waals surface area contributed by atoms with E-state index in [9.17, 15) is 9.59 Å². The number of amides is 1. The molecule has 0 bridgehead atoms. The van der Waals surface area contributed by atoms with Crippen LogP contribution in [0.15, 0.2) is 48.7 Å². The number of carbonyl (C=O) groups is 2. The maximum atomic E-state index is 11.7.